The second-order valence-corrected chi connectivity index (χ2v) is 15.4. The molecule has 0 bridgehead atoms. The number of benzene rings is 8. The third kappa shape index (κ3) is 5.04. The average molecular weight is 747 g/mol. The molecule has 0 atom stereocenters. The fourth-order valence-corrected chi connectivity index (χ4v) is 9.53. The number of hydrogen-bond donors (Lipinski definition) is 0. The van der Waals surface area contributed by atoms with E-state index in [0.717, 1.165) is 55.4 Å². The minimum Gasteiger partial charge on any atom is -0.455 e. The second-order valence-electron chi connectivity index (χ2n) is 14.4. The van der Waals surface area contributed by atoms with Gasteiger partial charge in [0.1, 0.15) is 11.2 Å². The van der Waals surface area contributed by atoms with E-state index in [0.29, 0.717) is 17.5 Å². The Morgan fingerprint density at radius 3 is 1.67 bits per heavy atom. The van der Waals surface area contributed by atoms with E-state index in [2.05, 4.69) is 114 Å². The van der Waals surface area contributed by atoms with Crippen molar-refractivity contribution in [3.05, 3.63) is 182 Å². The summed E-state index contributed by atoms with van der Waals surface area (Å²) in [5.74, 6) is 1.86. The highest BCUT2D eigenvalue weighted by atomic mass is 32.1. The van der Waals surface area contributed by atoms with Crippen molar-refractivity contribution in [3.63, 3.8) is 0 Å². The Balaban J connectivity index is 1.03. The molecule has 0 saturated carbocycles. The van der Waals surface area contributed by atoms with Crippen LogP contribution in [0.5, 0.6) is 0 Å². The molecule has 0 N–H and O–H groups in total. The Hall–Kier alpha value is -7.41. The van der Waals surface area contributed by atoms with Crippen molar-refractivity contribution in [1.29, 1.82) is 0 Å². The molecule has 0 amide bonds. The van der Waals surface area contributed by atoms with Gasteiger partial charge in [-0.3, -0.25) is 0 Å². The Morgan fingerprint density at radius 2 is 0.965 bits per heavy atom. The number of furan rings is 1. The van der Waals surface area contributed by atoms with Gasteiger partial charge in [-0.05, 0) is 54.1 Å². The molecular weight excluding hydrogens is 717 g/mol. The van der Waals surface area contributed by atoms with Crippen molar-refractivity contribution in [2.75, 3.05) is 0 Å². The molecule has 12 aromatic rings. The highest BCUT2D eigenvalue weighted by Crippen LogP contribution is 2.43. The first-order valence-electron chi connectivity index (χ1n) is 19.0. The van der Waals surface area contributed by atoms with Crippen LogP contribution in [-0.2, 0) is 0 Å². The minimum atomic E-state index is 0.603. The number of hydrogen-bond acceptors (Lipinski definition) is 5. The number of fused-ring (bicyclic) bond motifs is 9. The summed E-state index contributed by atoms with van der Waals surface area (Å²) in [6.45, 7) is 0. The van der Waals surface area contributed by atoms with Gasteiger partial charge in [0.05, 0.1) is 11.0 Å². The molecule has 4 aromatic heterocycles. The molecule has 0 unspecified atom stereocenters. The van der Waals surface area contributed by atoms with E-state index >= 15 is 0 Å². The van der Waals surface area contributed by atoms with Gasteiger partial charge in [-0.15, -0.1) is 11.3 Å². The molecule has 8 aromatic carbocycles. The molecule has 6 heteroatoms. The van der Waals surface area contributed by atoms with Crippen LogP contribution < -0.4 is 0 Å². The fourth-order valence-electron chi connectivity index (χ4n) is 8.46. The summed E-state index contributed by atoms with van der Waals surface area (Å²) in [6.07, 6.45) is 0. The van der Waals surface area contributed by atoms with Crippen LogP contribution in [0.4, 0.5) is 0 Å². The first kappa shape index (κ1) is 31.9. The van der Waals surface area contributed by atoms with E-state index in [9.17, 15) is 0 Å². The molecule has 0 aliphatic carbocycles. The van der Waals surface area contributed by atoms with E-state index in [-0.39, 0.29) is 0 Å². The van der Waals surface area contributed by atoms with Crippen LogP contribution in [0.1, 0.15) is 0 Å². The van der Waals surface area contributed by atoms with Gasteiger partial charge in [-0.2, -0.15) is 0 Å². The van der Waals surface area contributed by atoms with Gasteiger partial charge >= 0.3 is 0 Å². The van der Waals surface area contributed by atoms with Crippen LogP contribution in [0.3, 0.4) is 0 Å². The number of para-hydroxylation sites is 3. The molecule has 0 radical (unpaired) electrons. The van der Waals surface area contributed by atoms with Crippen molar-refractivity contribution >= 4 is 75.3 Å². The van der Waals surface area contributed by atoms with Crippen LogP contribution in [0.2, 0.25) is 0 Å². The zero-order valence-corrected chi connectivity index (χ0v) is 31.2. The summed E-state index contributed by atoms with van der Waals surface area (Å²) < 4.78 is 11.7. The third-order valence-electron chi connectivity index (χ3n) is 11.1. The summed E-state index contributed by atoms with van der Waals surface area (Å²) in [4.78, 5) is 15.1. The lowest BCUT2D eigenvalue weighted by atomic mass is 9.99. The maximum absolute atomic E-state index is 6.79. The van der Waals surface area contributed by atoms with Gasteiger partial charge in [0, 0.05) is 69.7 Å². The Kier molecular flexibility index (Phi) is 7.03. The van der Waals surface area contributed by atoms with E-state index in [1.807, 2.05) is 84.1 Å². The molecule has 0 fully saturated rings. The molecule has 0 spiro atoms. The Bertz CT molecular complexity index is 3420. The maximum atomic E-state index is 6.79. The standard InChI is InChI=1S/C51H30N4OS/c1-3-13-31(14-4-1)49-52-50(32-15-5-2-6-16-32)54-51(53-49)39-21-12-24-44-47(39)38-20-11-19-35(48(38)56-44)33-25-27-45-40(29-33)41-30-34(26-28-46(41)57-45)55-42-22-9-7-17-36(42)37-18-8-10-23-43(37)55/h1-30H. The molecule has 57 heavy (non-hydrogen) atoms. The fraction of sp³-hybridized carbons (Fsp3) is 0. The van der Waals surface area contributed by atoms with Crippen LogP contribution in [-0.4, -0.2) is 19.5 Å². The highest BCUT2D eigenvalue weighted by Gasteiger charge is 2.20. The minimum absolute atomic E-state index is 0.603. The van der Waals surface area contributed by atoms with Crippen molar-refractivity contribution in [2.45, 2.75) is 0 Å². The first-order chi connectivity index (χ1) is 28.2. The Labute approximate surface area is 330 Å². The van der Waals surface area contributed by atoms with Crippen LogP contribution >= 0.6 is 11.3 Å². The summed E-state index contributed by atoms with van der Waals surface area (Å²) in [6, 6.07) is 63.8. The third-order valence-corrected chi connectivity index (χ3v) is 12.2. The number of aromatic nitrogens is 4. The lowest BCUT2D eigenvalue weighted by Crippen LogP contribution is -2.00. The van der Waals surface area contributed by atoms with E-state index in [4.69, 9.17) is 19.4 Å². The summed E-state index contributed by atoms with van der Waals surface area (Å²) in [5.41, 5.74) is 10.1. The highest BCUT2D eigenvalue weighted by molar-refractivity contribution is 7.25. The molecule has 0 aliphatic rings. The molecule has 12 rings (SSSR count). The quantitative estimate of drug-likeness (QED) is 0.176. The first-order valence-corrected chi connectivity index (χ1v) is 19.8. The van der Waals surface area contributed by atoms with Gasteiger partial charge in [0.15, 0.2) is 17.5 Å². The molecule has 0 aliphatic heterocycles. The van der Waals surface area contributed by atoms with Crippen molar-refractivity contribution in [1.82, 2.24) is 19.5 Å². The molecule has 266 valence electrons. The predicted molar refractivity (Wildman–Crippen MR) is 236 cm³/mol. The number of nitrogens with zero attached hydrogens (tertiary/aromatic N) is 4. The maximum Gasteiger partial charge on any atom is 0.164 e. The summed E-state index contributed by atoms with van der Waals surface area (Å²) in [5, 5.41) is 7.00. The van der Waals surface area contributed by atoms with E-state index < -0.39 is 0 Å². The zero-order valence-electron chi connectivity index (χ0n) is 30.4. The normalized spacial score (nSPS) is 11.9. The van der Waals surface area contributed by atoms with Crippen LogP contribution in [0.15, 0.2) is 186 Å². The van der Waals surface area contributed by atoms with Gasteiger partial charge in [0.25, 0.3) is 0 Å². The van der Waals surface area contributed by atoms with Crippen LogP contribution in [0.25, 0.3) is 115 Å². The van der Waals surface area contributed by atoms with Crippen molar-refractivity contribution in [3.8, 4) is 51.0 Å². The van der Waals surface area contributed by atoms with E-state index in [1.165, 1.54) is 42.0 Å². The molecular formula is C51H30N4OS. The Morgan fingerprint density at radius 1 is 0.404 bits per heavy atom. The average Bonchev–Trinajstić information content (AvgIpc) is 3.96. The van der Waals surface area contributed by atoms with Crippen molar-refractivity contribution in [2.24, 2.45) is 0 Å². The lowest BCUT2D eigenvalue weighted by molar-refractivity contribution is 0.670. The summed E-state index contributed by atoms with van der Waals surface area (Å²) >= 11 is 1.83. The van der Waals surface area contributed by atoms with Crippen molar-refractivity contribution < 1.29 is 4.42 Å². The van der Waals surface area contributed by atoms with Gasteiger partial charge in [-0.25, -0.2) is 15.0 Å². The molecule has 5 nitrogen and oxygen atoms in total. The molecule has 0 saturated heterocycles. The van der Waals surface area contributed by atoms with Gasteiger partial charge < -0.3 is 8.98 Å². The molecule has 4 heterocycles. The number of thiophene rings is 1. The lowest BCUT2D eigenvalue weighted by Gasteiger charge is -2.09. The van der Waals surface area contributed by atoms with Crippen LogP contribution in [0, 0.1) is 0 Å². The summed E-state index contributed by atoms with van der Waals surface area (Å²) in [7, 11) is 0. The van der Waals surface area contributed by atoms with Gasteiger partial charge in [-0.1, -0.05) is 133 Å². The monoisotopic (exact) mass is 746 g/mol. The second kappa shape index (κ2) is 12.6. The largest absolute Gasteiger partial charge is 0.455 e. The SMILES string of the molecule is c1ccc(-c2nc(-c3ccccc3)nc(-c3cccc4oc5c(-c6ccc7sc8ccc(-n9c%10ccccc%10c%10ccccc%109)cc8c7c6)cccc5c34)n2)cc1. The zero-order chi connectivity index (χ0) is 37.5. The number of rotatable bonds is 5. The van der Waals surface area contributed by atoms with Gasteiger partial charge in [0.2, 0.25) is 0 Å². The van der Waals surface area contributed by atoms with E-state index in [1.54, 1.807) is 0 Å². The predicted octanol–water partition coefficient (Wildman–Crippen LogP) is 13.9. The topological polar surface area (TPSA) is 56.7 Å². The smallest absolute Gasteiger partial charge is 0.164 e.